The number of para-hydroxylation sites is 1. The quantitative estimate of drug-likeness (QED) is 0.912. The predicted molar refractivity (Wildman–Crippen MR) is 85.2 cm³/mol. The molecule has 104 valence electrons. The third-order valence-corrected chi connectivity index (χ3v) is 4.37. The Kier molecular flexibility index (Phi) is 3.75. The number of hydrogen-bond donors (Lipinski definition) is 1. The molecule has 1 N–H and O–H groups in total. The van der Waals surface area contributed by atoms with Crippen molar-refractivity contribution in [3.63, 3.8) is 0 Å². The predicted octanol–water partition coefficient (Wildman–Crippen LogP) is 3.40. The zero-order chi connectivity index (χ0) is 13.9. The summed E-state index contributed by atoms with van der Waals surface area (Å²) in [5.41, 5.74) is 4.24. The van der Waals surface area contributed by atoms with Crippen LogP contribution in [0.25, 0.3) is 0 Å². The molecule has 2 heteroatoms. The Labute approximate surface area is 121 Å². The Balaban J connectivity index is 1.87. The van der Waals surface area contributed by atoms with Crippen molar-refractivity contribution in [1.82, 2.24) is 5.32 Å². The largest absolute Gasteiger partial charge is 0.366 e. The van der Waals surface area contributed by atoms with Crippen LogP contribution < -0.4 is 10.2 Å². The molecular formula is C18H22N2. The number of benzene rings is 2. The summed E-state index contributed by atoms with van der Waals surface area (Å²) in [6, 6.07) is 20.0. The van der Waals surface area contributed by atoms with Crippen LogP contribution in [0.15, 0.2) is 54.6 Å². The van der Waals surface area contributed by atoms with Gasteiger partial charge in [-0.1, -0.05) is 48.5 Å². The van der Waals surface area contributed by atoms with E-state index in [1.165, 1.54) is 16.8 Å². The first-order chi connectivity index (χ1) is 9.79. The number of anilines is 1. The molecule has 0 aromatic heterocycles. The van der Waals surface area contributed by atoms with E-state index in [9.17, 15) is 0 Å². The number of fused-ring (bicyclic) bond motifs is 1. The molecule has 20 heavy (non-hydrogen) atoms. The maximum Gasteiger partial charge on any atom is 0.0429 e. The Morgan fingerprint density at radius 3 is 2.55 bits per heavy atom. The summed E-state index contributed by atoms with van der Waals surface area (Å²) in [5.74, 6) is 0.569. The molecule has 0 bridgehead atoms. The van der Waals surface area contributed by atoms with Gasteiger partial charge in [0.2, 0.25) is 0 Å². The van der Waals surface area contributed by atoms with Gasteiger partial charge in [0.1, 0.15) is 0 Å². The summed E-state index contributed by atoms with van der Waals surface area (Å²) in [7, 11) is 2.05. The maximum atomic E-state index is 3.41. The lowest BCUT2D eigenvalue weighted by Crippen LogP contribution is -2.32. The fourth-order valence-electron chi connectivity index (χ4n) is 3.11. The molecule has 2 aromatic rings. The van der Waals surface area contributed by atoms with E-state index < -0.39 is 0 Å². The minimum Gasteiger partial charge on any atom is -0.366 e. The second-order valence-corrected chi connectivity index (χ2v) is 5.61. The van der Waals surface area contributed by atoms with Crippen LogP contribution in [0.3, 0.4) is 0 Å². The highest BCUT2D eigenvalue weighted by molar-refractivity contribution is 5.60. The molecule has 0 fully saturated rings. The summed E-state index contributed by atoms with van der Waals surface area (Å²) in [4.78, 5) is 2.50. The smallest absolute Gasteiger partial charge is 0.0429 e. The molecule has 1 aliphatic rings. The zero-order valence-electron chi connectivity index (χ0n) is 12.2. The molecule has 0 saturated carbocycles. The first-order valence-electron chi connectivity index (χ1n) is 7.34. The maximum absolute atomic E-state index is 3.41. The van der Waals surface area contributed by atoms with Gasteiger partial charge in [0, 0.05) is 30.7 Å². The van der Waals surface area contributed by atoms with Gasteiger partial charge in [0.05, 0.1) is 0 Å². The number of likely N-dealkylation sites (N-methyl/N-ethyl adjacent to an activating group) is 1. The molecule has 0 spiro atoms. The summed E-state index contributed by atoms with van der Waals surface area (Å²) >= 11 is 0. The molecule has 1 heterocycles. The number of nitrogens with one attached hydrogen (secondary N) is 1. The van der Waals surface area contributed by atoms with Crippen LogP contribution in [-0.4, -0.2) is 19.6 Å². The second-order valence-electron chi connectivity index (χ2n) is 5.61. The third kappa shape index (κ3) is 2.44. The number of hydrogen-bond acceptors (Lipinski definition) is 2. The van der Waals surface area contributed by atoms with Crippen molar-refractivity contribution in [2.24, 2.45) is 0 Å². The van der Waals surface area contributed by atoms with Gasteiger partial charge in [0.25, 0.3) is 0 Å². The van der Waals surface area contributed by atoms with Crippen LogP contribution in [-0.2, 0) is 6.54 Å². The second kappa shape index (κ2) is 5.68. The van der Waals surface area contributed by atoms with E-state index in [1.807, 2.05) is 7.05 Å². The van der Waals surface area contributed by atoms with Crippen molar-refractivity contribution in [1.29, 1.82) is 0 Å². The molecule has 0 aliphatic carbocycles. The Hall–Kier alpha value is -1.80. The minimum absolute atomic E-state index is 0.497. The topological polar surface area (TPSA) is 15.3 Å². The van der Waals surface area contributed by atoms with Crippen LogP contribution in [0, 0.1) is 0 Å². The van der Waals surface area contributed by atoms with Gasteiger partial charge >= 0.3 is 0 Å². The van der Waals surface area contributed by atoms with Crippen LogP contribution in [0.2, 0.25) is 0 Å². The average molecular weight is 266 g/mol. The van der Waals surface area contributed by atoms with E-state index in [0.717, 1.165) is 13.1 Å². The summed E-state index contributed by atoms with van der Waals surface area (Å²) in [6.07, 6.45) is 0. The van der Waals surface area contributed by atoms with Gasteiger partial charge < -0.3 is 10.2 Å². The van der Waals surface area contributed by atoms with Crippen molar-refractivity contribution < 1.29 is 0 Å². The highest BCUT2D eigenvalue weighted by Crippen LogP contribution is 2.38. The van der Waals surface area contributed by atoms with Gasteiger partial charge in [-0.05, 0) is 31.2 Å². The van der Waals surface area contributed by atoms with Gasteiger partial charge in [0.15, 0.2) is 0 Å². The third-order valence-electron chi connectivity index (χ3n) is 4.37. The fourth-order valence-corrected chi connectivity index (χ4v) is 3.11. The molecule has 2 atom stereocenters. The van der Waals surface area contributed by atoms with Gasteiger partial charge in [-0.3, -0.25) is 0 Å². The minimum atomic E-state index is 0.497. The lowest BCUT2D eigenvalue weighted by Gasteiger charge is -2.22. The van der Waals surface area contributed by atoms with E-state index in [0.29, 0.717) is 12.0 Å². The monoisotopic (exact) mass is 266 g/mol. The van der Waals surface area contributed by atoms with Crippen molar-refractivity contribution in [3.05, 3.63) is 65.7 Å². The van der Waals surface area contributed by atoms with E-state index in [4.69, 9.17) is 0 Å². The van der Waals surface area contributed by atoms with Crippen LogP contribution in [0.5, 0.6) is 0 Å². The van der Waals surface area contributed by atoms with Crippen LogP contribution in [0.4, 0.5) is 5.69 Å². The molecule has 0 saturated heterocycles. The Morgan fingerprint density at radius 1 is 1.10 bits per heavy atom. The highest BCUT2D eigenvalue weighted by Gasteiger charge is 2.31. The van der Waals surface area contributed by atoms with E-state index in [2.05, 4.69) is 71.7 Å². The molecule has 3 rings (SSSR count). The van der Waals surface area contributed by atoms with Gasteiger partial charge in [-0.2, -0.15) is 0 Å². The lowest BCUT2D eigenvalue weighted by molar-refractivity contribution is 0.507. The highest BCUT2D eigenvalue weighted by atomic mass is 15.2. The van der Waals surface area contributed by atoms with Crippen molar-refractivity contribution in [2.75, 3.05) is 18.5 Å². The number of nitrogens with zero attached hydrogens (tertiary/aromatic N) is 1. The summed E-state index contributed by atoms with van der Waals surface area (Å²) in [6.45, 7) is 4.36. The first kappa shape index (κ1) is 13.2. The van der Waals surface area contributed by atoms with Gasteiger partial charge in [-0.25, -0.2) is 0 Å². The fraction of sp³-hybridized carbons (Fsp3) is 0.333. The van der Waals surface area contributed by atoms with Gasteiger partial charge in [-0.15, -0.1) is 0 Å². The van der Waals surface area contributed by atoms with Crippen molar-refractivity contribution in [2.45, 2.75) is 25.4 Å². The molecule has 1 aliphatic heterocycles. The Morgan fingerprint density at radius 2 is 1.80 bits per heavy atom. The lowest BCUT2D eigenvalue weighted by atomic mass is 9.95. The molecule has 2 unspecified atom stereocenters. The zero-order valence-corrected chi connectivity index (χ0v) is 12.2. The molecular weight excluding hydrogens is 244 g/mol. The van der Waals surface area contributed by atoms with E-state index in [-0.39, 0.29) is 0 Å². The summed E-state index contributed by atoms with van der Waals surface area (Å²) in [5, 5.41) is 3.41. The van der Waals surface area contributed by atoms with E-state index >= 15 is 0 Å². The molecule has 0 amide bonds. The van der Waals surface area contributed by atoms with E-state index in [1.54, 1.807) is 0 Å². The Bertz CT molecular complexity index is 565. The molecule has 2 aromatic carbocycles. The average Bonchev–Trinajstić information content (AvgIpc) is 2.87. The SMILES string of the molecule is CNC(C)C1CN(Cc2ccccc2)c2ccccc21. The summed E-state index contributed by atoms with van der Waals surface area (Å²) < 4.78 is 0. The first-order valence-corrected chi connectivity index (χ1v) is 7.34. The van der Waals surface area contributed by atoms with Crippen molar-refractivity contribution in [3.8, 4) is 0 Å². The number of rotatable bonds is 4. The normalized spacial score (nSPS) is 18.9. The molecule has 0 radical (unpaired) electrons. The van der Waals surface area contributed by atoms with Crippen LogP contribution >= 0.6 is 0 Å². The molecule has 2 nitrogen and oxygen atoms in total. The van der Waals surface area contributed by atoms with Crippen LogP contribution in [0.1, 0.15) is 24.0 Å². The van der Waals surface area contributed by atoms with Crippen molar-refractivity contribution >= 4 is 5.69 Å². The standard InChI is InChI=1S/C18H22N2/c1-14(19-2)17-13-20(12-15-8-4-3-5-9-15)18-11-7-6-10-16(17)18/h3-11,14,17,19H,12-13H2,1-2H3.